The van der Waals surface area contributed by atoms with Gasteiger partial charge in [0.1, 0.15) is 10.6 Å². The van der Waals surface area contributed by atoms with E-state index in [1.54, 1.807) is 6.92 Å². The Morgan fingerprint density at radius 1 is 1.45 bits per heavy atom. The number of aromatic nitrogens is 2. The van der Waals surface area contributed by atoms with E-state index in [1.165, 1.54) is 19.2 Å². The monoisotopic (exact) mass is 362 g/mol. The van der Waals surface area contributed by atoms with Crippen LogP contribution in [-0.2, 0) is 10.0 Å². The van der Waals surface area contributed by atoms with Crippen LogP contribution >= 0.6 is 15.9 Å². The number of ether oxygens (including phenoxy) is 1. The summed E-state index contributed by atoms with van der Waals surface area (Å²) in [6.45, 7) is 1.57. The molecule has 108 valence electrons. The number of halogens is 1. The standard InChI is InChI=1S/C10H11BrN4O4S/c1-5-13-10(19-14-5)15-20(16,17)9-4-7(12)6(11)3-8(9)18-2/h3-4H,12H2,1-2H3,(H,13,14,15). The molecule has 0 amide bonds. The molecule has 10 heteroatoms. The molecule has 0 spiro atoms. The fraction of sp³-hybridized carbons (Fsp3) is 0.200. The minimum Gasteiger partial charge on any atom is -0.495 e. The van der Waals surface area contributed by atoms with E-state index in [1.807, 2.05) is 0 Å². The van der Waals surface area contributed by atoms with E-state index in [2.05, 4.69) is 30.8 Å². The van der Waals surface area contributed by atoms with E-state index in [0.717, 1.165) is 0 Å². The predicted octanol–water partition coefficient (Wildman–Crippen LogP) is 1.53. The number of hydrogen-bond donors (Lipinski definition) is 2. The molecule has 8 nitrogen and oxygen atoms in total. The summed E-state index contributed by atoms with van der Waals surface area (Å²) in [7, 11) is -2.60. The van der Waals surface area contributed by atoms with Crippen LogP contribution in [0.15, 0.2) is 26.0 Å². The van der Waals surface area contributed by atoms with Gasteiger partial charge in [-0.3, -0.25) is 0 Å². The maximum Gasteiger partial charge on any atom is 0.335 e. The molecule has 0 unspecified atom stereocenters. The van der Waals surface area contributed by atoms with Crippen molar-refractivity contribution in [3.63, 3.8) is 0 Å². The number of nitrogens with one attached hydrogen (secondary N) is 1. The highest BCUT2D eigenvalue weighted by Crippen LogP contribution is 2.33. The lowest BCUT2D eigenvalue weighted by atomic mass is 10.3. The van der Waals surface area contributed by atoms with Crippen molar-refractivity contribution in [3.8, 4) is 5.75 Å². The average Bonchev–Trinajstić information content (AvgIpc) is 2.76. The quantitative estimate of drug-likeness (QED) is 0.791. The van der Waals surface area contributed by atoms with Gasteiger partial charge in [-0.25, -0.2) is 13.1 Å². The number of sulfonamides is 1. The Morgan fingerprint density at radius 2 is 2.15 bits per heavy atom. The van der Waals surface area contributed by atoms with Gasteiger partial charge in [0.05, 0.1) is 7.11 Å². The van der Waals surface area contributed by atoms with E-state index in [0.29, 0.717) is 10.3 Å². The molecule has 2 rings (SSSR count). The number of methoxy groups -OCH3 is 1. The lowest BCUT2D eigenvalue weighted by Gasteiger charge is -2.11. The van der Waals surface area contributed by atoms with Gasteiger partial charge in [-0.15, -0.1) is 0 Å². The zero-order chi connectivity index (χ0) is 14.9. The van der Waals surface area contributed by atoms with Crippen LogP contribution in [-0.4, -0.2) is 25.7 Å². The van der Waals surface area contributed by atoms with Crippen molar-refractivity contribution in [1.29, 1.82) is 0 Å². The van der Waals surface area contributed by atoms with Crippen LogP contribution in [0.3, 0.4) is 0 Å². The lowest BCUT2D eigenvalue weighted by Crippen LogP contribution is -2.15. The smallest absolute Gasteiger partial charge is 0.335 e. The first kappa shape index (κ1) is 14.6. The second-order valence-corrected chi connectivity index (χ2v) is 6.28. The van der Waals surface area contributed by atoms with Crippen LogP contribution in [0.5, 0.6) is 5.75 Å². The van der Waals surface area contributed by atoms with Crippen LogP contribution in [0.25, 0.3) is 0 Å². The summed E-state index contributed by atoms with van der Waals surface area (Å²) < 4.78 is 37.0. The molecule has 0 saturated heterocycles. The molecule has 0 fully saturated rings. The van der Waals surface area contributed by atoms with E-state index in [4.69, 9.17) is 15.0 Å². The highest BCUT2D eigenvalue weighted by atomic mass is 79.9. The number of nitrogens with zero attached hydrogens (tertiary/aromatic N) is 2. The van der Waals surface area contributed by atoms with Crippen molar-refractivity contribution < 1.29 is 17.7 Å². The largest absolute Gasteiger partial charge is 0.495 e. The Hall–Kier alpha value is -1.81. The van der Waals surface area contributed by atoms with Crippen molar-refractivity contribution in [2.75, 3.05) is 17.6 Å². The highest BCUT2D eigenvalue weighted by Gasteiger charge is 2.23. The van der Waals surface area contributed by atoms with Gasteiger partial charge >= 0.3 is 6.01 Å². The topological polar surface area (TPSA) is 120 Å². The molecule has 20 heavy (non-hydrogen) atoms. The molecule has 0 aliphatic rings. The summed E-state index contributed by atoms with van der Waals surface area (Å²) in [5, 5.41) is 3.49. The SMILES string of the molecule is COc1cc(Br)c(N)cc1S(=O)(=O)Nc1nc(C)no1. The molecule has 0 aliphatic heterocycles. The molecule has 1 aromatic heterocycles. The number of hydrogen-bond acceptors (Lipinski definition) is 7. The van der Waals surface area contributed by atoms with Gasteiger partial charge in [-0.1, -0.05) is 5.16 Å². The molecule has 2 aromatic rings. The van der Waals surface area contributed by atoms with Gasteiger partial charge in [0.2, 0.25) is 0 Å². The Balaban J connectivity index is 2.46. The molecule has 0 radical (unpaired) electrons. The van der Waals surface area contributed by atoms with Gasteiger partial charge in [0, 0.05) is 10.2 Å². The normalized spacial score (nSPS) is 11.3. The Morgan fingerprint density at radius 3 is 2.70 bits per heavy atom. The fourth-order valence-electron chi connectivity index (χ4n) is 1.43. The van der Waals surface area contributed by atoms with Crippen LogP contribution in [0.2, 0.25) is 0 Å². The third kappa shape index (κ3) is 2.85. The highest BCUT2D eigenvalue weighted by molar-refractivity contribution is 9.10. The first-order valence-electron chi connectivity index (χ1n) is 5.29. The minimum atomic E-state index is -3.95. The summed E-state index contributed by atoms with van der Waals surface area (Å²) in [4.78, 5) is 3.64. The first-order chi connectivity index (χ1) is 9.33. The zero-order valence-electron chi connectivity index (χ0n) is 10.5. The van der Waals surface area contributed by atoms with Crippen LogP contribution < -0.4 is 15.2 Å². The summed E-state index contributed by atoms with van der Waals surface area (Å²) in [5.74, 6) is 0.444. The van der Waals surface area contributed by atoms with Crippen molar-refractivity contribution in [2.45, 2.75) is 11.8 Å². The van der Waals surface area contributed by atoms with Crippen molar-refractivity contribution >= 4 is 37.7 Å². The number of anilines is 2. The van der Waals surface area contributed by atoms with Gasteiger partial charge in [0.15, 0.2) is 5.82 Å². The number of aryl methyl sites for hydroxylation is 1. The third-order valence-corrected chi connectivity index (χ3v) is 4.35. The van der Waals surface area contributed by atoms with Gasteiger partial charge in [-0.2, -0.15) is 4.98 Å². The molecule has 0 aliphatic carbocycles. The number of rotatable bonds is 4. The number of benzene rings is 1. The number of nitrogens with two attached hydrogens (primary N) is 1. The molecule has 0 atom stereocenters. The summed E-state index contributed by atoms with van der Waals surface area (Å²) >= 11 is 3.20. The van der Waals surface area contributed by atoms with Crippen molar-refractivity contribution in [3.05, 3.63) is 22.4 Å². The maximum atomic E-state index is 12.3. The van der Waals surface area contributed by atoms with Gasteiger partial charge in [-0.05, 0) is 35.0 Å². The zero-order valence-corrected chi connectivity index (χ0v) is 12.9. The molecular weight excluding hydrogens is 352 g/mol. The van der Waals surface area contributed by atoms with Gasteiger partial charge < -0.3 is 15.0 Å². The van der Waals surface area contributed by atoms with E-state index in [-0.39, 0.29) is 22.3 Å². The second kappa shape index (κ2) is 5.29. The Kier molecular flexibility index (Phi) is 3.86. The predicted molar refractivity (Wildman–Crippen MR) is 74.9 cm³/mol. The fourth-order valence-corrected chi connectivity index (χ4v) is 2.86. The van der Waals surface area contributed by atoms with E-state index in [9.17, 15) is 8.42 Å². The van der Waals surface area contributed by atoms with E-state index >= 15 is 0 Å². The molecular formula is C10H11BrN4O4S. The Labute approximate surface area is 123 Å². The lowest BCUT2D eigenvalue weighted by molar-refractivity contribution is 0.402. The number of nitrogen functional groups attached to an aromatic ring is 1. The minimum absolute atomic E-state index is 0.128. The molecule has 0 saturated carbocycles. The van der Waals surface area contributed by atoms with Crippen LogP contribution in [0.1, 0.15) is 5.82 Å². The summed E-state index contributed by atoms with van der Waals surface area (Å²) in [5.41, 5.74) is 5.95. The second-order valence-electron chi connectivity index (χ2n) is 3.78. The third-order valence-electron chi connectivity index (χ3n) is 2.32. The van der Waals surface area contributed by atoms with Gasteiger partial charge in [0.25, 0.3) is 10.0 Å². The average molecular weight is 363 g/mol. The molecule has 1 aromatic carbocycles. The van der Waals surface area contributed by atoms with Crippen LogP contribution in [0, 0.1) is 6.92 Å². The summed E-state index contributed by atoms with van der Waals surface area (Å²) in [6.07, 6.45) is 0. The van der Waals surface area contributed by atoms with E-state index < -0.39 is 10.0 Å². The van der Waals surface area contributed by atoms with Crippen molar-refractivity contribution in [2.24, 2.45) is 0 Å². The van der Waals surface area contributed by atoms with Crippen LogP contribution in [0.4, 0.5) is 11.7 Å². The molecule has 1 heterocycles. The molecule has 3 N–H and O–H groups in total. The Bertz CT molecular complexity index is 744. The summed E-state index contributed by atoms with van der Waals surface area (Å²) in [6, 6.07) is 2.50. The maximum absolute atomic E-state index is 12.3. The molecule has 0 bridgehead atoms. The first-order valence-corrected chi connectivity index (χ1v) is 7.57. The van der Waals surface area contributed by atoms with Crippen molar-refractivity contribution in [1.82, 2.24) is 10.1 Å².